The van der Waals surface area contributed by atoms with Gasteiger partial charge in [0.15, 0.2) is 0 Å². The summed E-state index contributed by atoms with van der Waals surface area (Å²) >= 11 is 0. The van der Waals surface area contributed by atoms with E-state index in [2.05, 4.69) is 39.9 Å². The Morgan fingerprint density at radius 2 is 2.14 bits per heavy atom. The van der Waals surface area contributed by atoms with Gasteiger partial charge in [0, 0.05) is 47.7 Å². The molecule has 7 heteroatoms. The van der Waals surface area contributed by atoms with Crippen LogP contribution >= 0.6 is 0 Å². The molecule has 0 saturated heterocycles. The molecule has 3 heterocycles. The predicted molar refractivity (Wildman–Crippen MR) is 115 cm³/mol. The first-order valence-corrected chi connectivity index (χ1v) is 9.60. The quantitative estimate of drug-likeness (QED) is 0.682. The van der Waals surface area contributed by atoms with Crippen molar-refractivity contribution >= 4 is 34.7 Å². The Balaban J connectivity index is 1.69. The molecular weight excluding hydrogens is 366 g/mol. The highest BCUT2D eigenvalue weighted by atomic mass is 16.4. The molecule has 2 aromatic heterocycles. The fourth-order valence-corrected chi connectivity index (χ4v) is 3.56. The Hall–Kier alpha value is -3.48. The van der Waals surface area contributed by atoms with Crippen LogP contribution in [0, 0.1) is 6.92 Å². The smallest absolute Gasteiger partial charge is 0.335 e. The molecule has 0 fully saturated rings. The number of guanidine groups is 1. The lowest BCUT2D eigenvalue weighted by Gasteiger charge is -2.17. The van der Waals surface area contributed by atoms with Crippen LogP contribution in [-0.2, 0) is 0 Å². The van der Waals surface area contributed by atoms with Gasteiger partial charge in [0.25, 0.3) is 0 Å². The van der Waals surface area contributed by atoms with E-state index in [1.165, 1.54) is 0 Å². The normalized spacial score (nSPS) is 16.3. The highest BCUT2D eigenvalue weighted by molar-refractivity contribution is 6.01. The van der Waals surface area contributed by atoms with Crippen molar-refractivity contribution in [2.24, 2.45) is 9.98 Å². The Morgan fingerprint density at radius 1 is 1.31 bits per heavy atom. The summed E-state index contributed by atoms with van der Waals surface area (Å²) in [6.07, 6.45) is 8.41. The van der Waals surface area contributed by atoms with Gasteiger partial charge in [-0.3, -0.25) is 4.98 Å². The highest BCUT2D eigenvalue weighted by Crippen LogP contribution is 2.33. The number of nitrogens with one attached hydrogen (secondary N) is 1. The largest absolute Gasteiger partial charge is 0.478 e. The molecule has 1 aliphatic rings. The Morgan fingerprint density at radius 3 is 2.90 bits per heavy atom. The van der Waals surface area contributed by atoms with Gasteiger partial charge in [0.05, 0.1) is 23.3 Å². The van der Waals surface area contributed by atoms with Gasteiger partial charge in [0.2, 0.25) is 5.96 Å². The van der Waals surface area contributed by atoms with E-state index in [9.17, 15) is 9.90 Å². The van der Waals surface area contributed by atoms with Crippen molar-refractivity contribution in [3.8, 4) is 0 Å². The standard InChI is InChI=1S/C22H23N5O2/c1-13(2)27-12-17(16-6-8-23-11-20(16)27)18-7-9-24-22(25-18)26-19-10-15(21(28)29)5-4-14(19)3/h4-6,8-13,18H,7H2,1-3H3,(H,25,26)(H,28,29). The Kier molecular flexibility index (Phi) is 4.88. The van der Waals surface area contributed by atoms with Crippen molar-refractivity contribution in [1.29, 1.82) is 0 Å². The number of hydrogen-bond acceptors (Lipinski definition) is 5. The third-order valence-electron chi connectivity index (χ3n) is 5.13. The van der Waals surface area contributed by atoms with Gasteiger partial charge >= 0.3 is 5.97 Å². The van der Waals surface area contributed by atoms with Crippen LogP contribution in [0.3, 0.4) is 0 Å². The van der Waals surface area contributed by atoms with Crippen molar-refractivity contribution in [2.75, 3.05) is 5.32 Å². The van der Waals surface area contributed by atoms with Crippen LogP contribution in [0.15, 0.2) is 52.8 Å². The van der Waals surface area contributed by atoms with Crippen molar-refractivity contribution in [2.45, 2.75) is 39.3 Å². The molecule has 1 atom stereocenters. The minimum absolute atomic E-state index is 0.0668. The van der Waals surface area contributed by atoms with E-state index in [1.807, 2.05) is 25.4 Å². The fourth-order valence-electron chi connectivity index (χ4n) is 3.56. The molecule has 29 heavy (non-hydrogen) atoms. The summed E-state index contributed by atoms with van der Waals surface area (Å²) in [6, 6.07) is 7.25. The molecule has 3 aromatic rings. The second kappa shape index (κ2) is 7.50. The number of fused-ring (bicyclic) bond motifs is 1. The van der Waals surface area contributed by atoms with E-state index in [-0.39, 0.29) is 11.6 Å². The monoisotopic (exact) mass is 389 g/mol. The van der Waals surface area contributed by atoms with E-state index in [4.69, 9.17) is 4.99 Å². The number of carbonyl (C=O) groups is 1. The zero-order valence-corrected chi connectivity index (χ0v) is 16.6. The van der Waals surface area contributed by atoms with E-state index in [1.54, 1.807) is 24.4 Å². The zero-order chi connectivity index (χ0) is 20.5. The molecule has 0 saturated carbocycles. The SMILES string of the molecule is Cc1ccc(C(=O)O)cc1NC1=NC(c2cn(C(C)C)c3cnccc23)CC=N1. The summed E-state index contributed by atoms with van der Waals surface area (Å²) < 4.78 is 2.21. The van der Waals surface area contributed by atoms with Crippen molar-refractivity contribution in [3.05, 3.63) is 59.5 Å². The van der Waals surface area contributed by atoms with E-state index < -0.39 is 5.97 Å². The minimum atomic E-state index is -0.963. The van der Waals surface area contributed by atoms with Crippen LogP contribution in [0.1, 0.15) is 53.8 Å². The summed E-state index contributed by atoms with van der Waals surface area (Å²) in [4.78, 5) is 24.8. The van der Waals surface area contributed by atoms with Gasteiger partial charge in [-0.25, -0.2) is 14.8 Å². The lowest BCUT2D eigenvalue weighted by atomic mass is 10.0. The van der Waals surface area contributed by atoms with Gasteiger partial charge < -0.3 is 15.0 Å². The number of aliphatic imine (C=N–C) groups is 2. The molecule has 1 aliphatic heterocycles. The molecule has 2 N–H and O–H groups in total. The fraction of sp³-hybridized carbons (Fsp3) is 0.273. The van der Waals surface area contributed by atoms with Gasteiger partial charge in [0.1, 0.15) is 0 Å². The molecule has 7 nitrogen and oxygen atoms in total. The first-order chi connectivity index (χ1) is 13.9. The number of hydrogen-bond donors (Lipinski definition) is 2. The van der Waals surface area contributed by atoms with Crippen molar-refractivity contribution in [1.82, 2.24) is 9.55 Å². The lowest BCUT2D eigenvalue weighted by molar-refractivity contribution is 0.0697. The van der Waals surface area contributed by atoms with Crippen LogP contribution in [0.25, 0.3) is 10.9 Å². The first-order valence-electron chi connectivity index (χ1n) is 9.60. The summed E-state index contributed by atoms with van der Waals surface area (Å²) in [5.41, 5.74) is 4.07. The number of aromatic carboxylic acids is 1. The second-order valence-electron chi connectivity index (χ2n) is 7.45. The number of aryl methyl sites for hydroxylation is 1. The number of nitrogens with zero attached hydrogens (tertiary/aromatic N) is 4. The summed E-state index contributed by atoms with van der Waals surface area (Å²) in [7, 11) is 0. The van der Waals surface area contributed by atoms with Crippen LogP contribution in [0.5, 0.6) is 0 Å². The lowest BCUT2D eigenvalue weighted by Crippen LogP contribution is -2.17. The number of pyridine rings is 1. The number of carboxylic acid groups (broad SMARTS) is 1. The molecular formula is C22H23N5O2. The second-order valence-corrected chi connectivity index (χ2v) is 7.45. The average Bonchev–Trinajstić information content (AvgIpc) is 3.10. The highest BCUT2D eigenvalue weighted by Gasteiger charge is 2.21. The predicted octanol–water partition coefficient (Wildman–Crippen LogP) is 4.61. The molecule has 1 aromatic carbocycles. The maximum atomic E-state index is 11.3. The molecule has 0 amide bonds. The number of carboxylic acids is 1. The molecule has 1 unspecified atom stereocenters. The van der Waals surface area contributed by atoms with Crippen molar-refractivity contribution < 1.29 is 9.90 Å². The van der Waals surface area contributed by atoms with Gasteiger partial charge in [-0.1, -0.05) is 6.07 Å². The van der Waals surface area contributed by atoms with E-state index >= 15 is 0 Å². The Bertz CT molecular complexity index is 1140. The molecule has 0 radical (unpaired) electrons. The van der Waals surface area contributed by atoms with Crippen LogP contribution in [0.2, 0.25) is 0 Å². The third-order valence-corrected chi connectivity index (χ3v) is 5.13. The summed E-state index contributed by atoms with van der Waals surface area (Å²) in [6.45, 7) is 6.21. The number of aromatic nitrogens is 2. The van der Waals surface area contributed by atoms with Gasteiger partial charge in [-0.15, -0.1) is 0 Å². The topological polar surface area (TPSA) is 91.9 Å². The van der Waals surface area contributed by atoms with Gasteiger partial charge in [-0.2, -0.15) is 0 Å². The minimum Gasteiger partial charge on any atom is -0.478 e. The number of anilines is 1. The zero-order valence-electron chi connectivity index (χ0n) is 16.6. The average molecular weight is 389 g/mol. The van der Waals surface area contributed by atoms with E-state index in [0.717, 1.165) is 22.0 Å². The molecule has 148 valence electrons. The summed E-state index contributed by atoms with van der Waals surface area (Å²) in [5, 5.41) is 13.6. The molecule has 0 bridgehead atoms. The third kappa shape index (κ3) is 3.63. The van der Waals surface area contributed by atoms with Crippen LogP contribution in [0.4, 0.5) is 5.69 Å². The maximum absolute atomic E-state index is 11.3. The van der Waals surface area contributed by atoms with Crippen LogP contribution in [-0.4, -0.2) is 32.8 Å². The maximum Gasteiger partial charge on any atom is 0.335 e. The number of benzene rings is 1. The van der Waals surface area contributed by atoms with Crippen molar-refractivity contribution in [3.63, 3.8) is 0 Å². The molecule has 4 rings (SSSR count). The first kappa shape index (κ1) is 18.9. The summed E-state index contributed by atoms with van der Waals surface area (Å²) in [5.74, 6) is -0.485. The molecule has 0 aliphatic carbocycles. The number of rotatable bonds is 4. The van der Waals surface area contributed by atoms with Gasteiger partial charge in [-0.05, 0) is 44.5 Å². The van der Waals surface area contributed by atoms with Crippen LogP contribution < -0.4 is 5.32 Å². The Labute approximate surface area is 168 Å². The van der Waals surface area contributed by atoms with E-state index in [0.29, 0.717) is 24.1 Å². The molecule has 0 spiro atoms.